The summed E-state index contributed by atoms with van der Waals surface area (Å²) in [6.45, 7) is 3.92. The molecule has 29 heavy (non-hydrogen) atoms. The van der Waals surface area contributed by atoms with E-state index < -0.39 is 0 Å². The molecule has 152 valence electrons. The highest BCUT2D eigenvalue weighted by Crippen LogP contribution is 2.35. The zero-order chi connectivity index (χ0) is 20.6. The number of carbonyl (C=O) groups is 1. The lowest BCUT2D eigenvalue weighted by Gasteiger charge is -2.32. The average molecular weight is 393 g/mol. The van der Waals surface area contributed by atoms with Crippen molar-refractivity contribution in [2.75, 3.05) is 25.4 Å². The quantitative estimate of drug-likeness (QED) is 0.365. The summed E-state index contributed by atoms with van der Waals surface area (Å²) in [5.41, 5.74) is 16.7. The molecular formula is C23H28N4O2. The molecule has 1 aliphatic heterocycles. The van der Waals surface area contributed by atoms with Crippen LogP contribution in [0.25, 0.3) is 5.57 Å². The molecule has 1 atom stereocenters. The van der Waals surface area contributed by atoms with Gasteiger partial charge in [-0.15, -0.1) is 0 Å². The number of hydrogen-bond acceptors (Lipinski definition) is 5. The summed E-state index contributed by atoms with van der Waals surface area (Å²) >= 11 is 0. The summed E-state index contributed by atoms with van der Waals surface area (Å²) in [6.07, 6.45) is 6.97. The molecule has 6 nitrogen and oxygen atoms in total. The lowest BCUT2D eigenvalue weighted by Crippen LogP contribution is -2.30. The monoisotopic (exact) mass is 392 g/mol. The SMILES string of the molecule is Cc1ccc(N)c(C2=CC(c3ccc(OCCN/C=C\N)cc3)N(C=O)CC2)c1. The van der Waals surface area contributed by atoms with Gasteiger partial charge in [0, 0.05) is 36.7 Å². The van der Waals surface area contributed by atoms with E-state index in [1.54, 1.807) is 6.20 Å². The number of benzene rings is 2. The molecule has 2 aromatic rings. The fraction of sp³-hybridized carbons (Fsp3) is 0.261. The number of rotatable bonds is 8. The minimum absolute atomic E-state index is 0.124. The molecule has 2 aromatic carbocycles. The van der Waals surface area contributed by atoms with Gasteiger partial charge in [0.1, 0.15) is 12.4 Å². The van der Waals surface area contributed by atoms with Gasteiger partial charge in [0.15, 0.2) is 0 Å². The van der Waals surface area contributed by atoms with Crippen molar-refractivity contribution in [3.8, 4) is 5.75 Å². The van der Waals surface area contributed by atoms with Crippen LogP contribution in [0.1, 0.15) is 29.2 Å². The van der Waals surface area contributed by atoms with Crippen LogP contribution in [0.3, 0.4) is 0 Å². The molecule has 3 rings (SSSR count). The first-order chi connectivity index (χ1) is 14.1. The normalized spacial score (nSPS) is 16.5. The fourth-order valence-corrected chi connectivity index (χ4v) is 3.48. The molecule has 0 saturated heterocycles. The minimum Gasteiger partial charge on any atom is -0.492 e. The number of carbonyl (C=O) groups excluding carboxylic acids is 1. The molecule has 0 spiro atoms. The van der Waals surface area contributed by atoms with Crippen molar-refractivity contribution in [1.29, 1.82) is 0 Å². The van der Waals surface area contributed by atoms with Gasteiger partial charge < -0.3 is 26.4 Å². The molecule has 0 aliphatic carbocycles. The third-order valence-corrected chi connectivity index (χ3v) is 5.00. The van der Waals surface area contributed by atoms with Crippen LogP contribution in [-0.2, 0) is 4.79 Å². The average Bonchev–Trinajstić information content (AvgIpc) is 2.75. The number of ether oxygens (including phenoxy) is 1. The van der Waals surface area contributed by atoms with Crippen LogP contribution in [0, 0.1) is 6.92 Å². The van der Waals surface area contributed by atoms with Crippen LogP contribution >= 0.6 is 0 Å². The highest BCUT2D eigenvalue weighted by Gasteiger charge is 2.23. The zero-order valence-electron chi connectivity index (χ0n) is 16.7. The molecule has 1 amide bonds. The number of nitrogens with zero attached hydrogens (tertiary/aromatic N) is 1. The second kappa shape index (κ2) is 9.68. The second-order valence-electron chi connectivity index (χ2n) is 7.05. The van der Waals surface area contributed by atoms with Crippen molar-refractivity contribution in [1.82, 2.24) is 10.2 Å². The van der Waals surface area contributed by atoms with Crippen molar-refractivity contribution in [2.24, 2.45) is 5.73 Å². The molecule has 0 fully saturated rings. The third-order valence-electron chi connectivity index (χ3n) is 5.00. The Morgan fingerprint density at radius 1 is 1.24 bits per heavy atom. The van der Waals surface area contributed by atoms with Crippen LogP contribution in [0.2, 0.25) is 0 Å². The molecule has 0 aromatic heterocycles. The standard InChI is InChI=1S/C23H28N4O2/c1-17-2-7-22(25)21(14-17)19-8-12-27(16-28)23(15-19)18-3-5-20(6-4-18)29-13-11-26-10-9-24/h2-7,9-10,14-16,23,26H,8,11-13,24-25H2,1H3/b10-9-. The lowest BCUT2D eigenvalue weighted by atomic mass is 9.91. The van der Waals surface area contributed by atoms with Gasteiger partial charge in [0.2, 0.25) is 6.41 Å². The van der Waals surface area contributed by atoms with E-state index >= 15 is 0 Å². The number of nitrogens with two attached hydrogens (primary N) is 2. The molecule has 0 saturated carbocycles. The number of anilines is 1. The summed E-state index contributed by atoms with van der Waals surface area (Å²) in [7, 11) is 0. The number of amides is 1. The van der Waals surface area contributed by atoms with Crippen LogP contribution in [0.15, 0.2) is 60.9 Å². The minimum atomic E-state index is -0.124. The van der Waals surface area contributed by atoms with E-state index in [1.165, 1.54) is 17.3 Å². The van der Waals surface area contributed by atoms with Crippen LogP contribution < -0.4 is 21.5 Å². The number of hydrogen-bond donors (Lipinski definition) is 3. The van der Waals surface area contributed by atoms with E-state index in [1.807, 2.05) is 41.3 Å². The molecule has 0 bridgehead atoms. The molecular weight excluding hydrogens is 364 g/mol. The van der Waals surface area contributed by atoms with Gasteiger partial charge >= 0.3 is 0 Å². The third kappa shape index (κ3) is 5.10. The summed E-state index contributed by atoms with van der Waals surface area (Å²) < 4.78 is 5.72. The molecule has 0 radical (unpaired) electrons. The predicted molar refractivity (Wildman–Crippen MR) is 117 cm³/mol. The molecule has 5 N–H and O–H groups in total. The zero-order valence-corrected chi connectivity index (χ0v) is 16.7. The maximum absolute atomic E-state index is 11.6. The van der Waals surface area contributed by atoms with E-state index in [4.69, 9.17) is 16.2 Å². The van der Waals surface area contributed by atoms with Crippen LogP contribution in [0.4, 0.5) is 5.69 Å². The Hall–Kier alpha value is -3.41. The summed E-state index contributed by atoms with van der Waals surface area (Å²) in [5.74, 6) is 0.785. The Morgan fingerprint density at radius 3 is 2.76 bits per heavy atom. The molecule has 1 heterocycles. The van der Waals surface area contributed by atoms with Gasteiger partial charge in [-0.05, 0) is 48.7 Å². The number of nitrogens with one attached hydrogen (secondary N) is 1. The van der Waals surface area contributed by atoms with E-state index in [0.717, 1.165) is 35.4 Å². The summed E-state index contributed by atoms with van der Waals surface area (Å²) in [6, 6.07) is 13.8. The Kier molecular flexibility index (Phi) is 6.79. The Balaban J connectivity index is 1.77. The van der Waals surface area contributed by atoms with Crippen molar-refractivity contribution in [2.45, 2.75) is 19.4 Å². The molecule has 6 heteroatoms. The van der Waals surface area contributed by atoms with Crippen molar-refractivity contribution in [3.05, 3.63) is 77.6 Å². The Bertz CT molecular complexity index is 890. The second-order valence-corrected chi connectivity index (χ2v) is 7.05. The van der Waals surface area contributed by atoms with Gasteiger partial charge in [0.25, 0.3) is 0 Å². The first-order valence-electron chi connectivity index (χ1n) is 9.73. The van der Waals surface area contributed by atoms with Crippen molar-refractivity contribution >= 4 is 17.7 Å². The first-order valence-corrected chi connectivity index (χ1v) is 9.73. The van der Waals surface area contributed by atoms with E-state index in [0.29, 0.717) is 19.7 Å². The van der Waals surface area contributed by atoms with E-state index in [2.05, 4.69) is 24.4 Å². The summed E-state index contributed by atoms with van der Waals surface area (Å²) in [4.78, 5) is 13.4. The molecule has 1 unspecified atom stereocenters. The largest absolute Gasteiger partial charge is 0.492 e. The van der Waals surface area contributed by atoms with Crippen LogP contribution in [0.5, 0.6) is 5.75 Å². The molecule has 1 aliphatic rings. The smallest absolute Gasteiger partial charge is 0.210 e. The first kappa shape index (κ1) is 20.3. The predicted octanol–water partition coefficient (Wildman–Crippen LogP) is 2.96. The number of aryl methyl sites for hydroxylation is 1. The number of nitrogen functional groups attached to an aromatic ring is 1. The topological polar surface area (TPSA) is 93.6 Å². The van der Waals surface area contributed by atoms with E-state index in [9.17, 15) is 4.79 Å². The van der Waals surface area contributed by atoms with Gasteiger partial charge in [-0.2, -0.15) is 0 Å². The summed E-state index contributed by atoms with van der Waals surface area (Å²) in [5, 5.41) is 3.02. The van der Waals surface area contributed by atoms with E-state index in [-0.39, 0.29) is 6.04 Å². The Labute approximate surface area is 171 Å². The maximum atomic E-state index is 11.6. The highest BCUT2D eigenvalue weighted by molar-refractivity contribution is 5.77. The van der Waals surface area contributed by atoms with Crippen molar-refractivity contribution < 1.29 is 9.53 Å². The lowest BCUT2D eigenvalue weighted by molar-refractivity contribution is -0.119. The van der Waals surface area contributed by atoms with Gasteiger partial charge in [-0.25, -0.2) is 0 Å². The maximum Gasteiger partial charge on any atom is 0.210 e. The fourth-order valence-electron chi connectivity index (χ4n) is 3.48. The van der Waals surface area contributed by atoms with Gasteiger partial charge in [0.05, 0.1) is 6.04 Å². The van der Waals surface area contributed by atoms with Gasteiger partial charge in [-0.1, -0.05) is 29.8 Å². The van der Waals surface area contributed by atoms with Crippen molar-refractivity contribution in [3.63, 3.8) is 0 Å². The Morgan fingerprint density at radius 2 is 2.03 bits per heavy atom. The highest BCUT2D eigenvalue weighted by atomic mass is 16.5. The van der Waals surface area contributed by atoms with Crippen LogP contribution in [-0.4, -0.2) is 31.0 Å². The van der Waals surface area contributed by atoms with Gasteiger partial charge in [-0.3, -0.25) is 4.79 Å².